The second-order valence-electron chi connectivity index (χ2n) is 6.11. The third kappa shape index (κ3) is 3.47. The van der Waals surface area contributed by atoms with Crippen LogP contribution in [0.2, 0.25) is 0 Å². The SMILES string of the molecule is COC(C)c1nc(CNC(=O)N2CCCC2c2cccn2C)cs1. The zero-order valence-corrected chi connectivity index (χ0v) is 15.2. The zero-order chi connectivity index (χ0) is 17.1. The van der Waals surface area contributed by atoms with Gasteiger partial charge in [0.1, 0.15) is 11.1 Å². The molecule has 3 rings (SSSR count). The Kier molecular flexibility index (Phi) is 5.20. The van der Waals surface area contributed by atoms with Crippen LogP contribution in [-0.2, 0) is 18.3 Å². The Labute approximate surface area is 146 Å². The molecule has 1 aliphatic heterocycles. The molecular weight excluding hydrogens is 324 g/mol. The minimum Gasteiger partial charge on any atom is -0.375 e. The monoisotopic (exact) mass is 348 g/mol. The Hall–Kier alpha value is -1.86. The first kappa shape index (κ1) is 17.0. The van der Waals surface area contributed by atoms with E-state index >= 15 is 0 Å². The van der Waals surface area contributed by atoms with Gasteiger partial charge in [0.15, 0.2) is 0 Å². The van der Waals surface area contributed by atoms with Gasteiger partial charge in [-0.3, -0.25) is 0 Å². The highest BCUT2D eigenvalue weighted by atomic mass is 32.1. The summed E-state index contributed by atoms with van der Waals surface area (Å²) in [6.07, 6.45) is 4.06. The van der Waals surface area contributed by atoms with Gasteiger partial charge in [-0.05, 0) is 31.9 Å². The third-order valence-corrected chi connectivity index (χ3v) is 5.59. The molecular formula is C17H24N4O2S. The summed E-state index contributed by atoms with van der Waals surface area (Å²) in [6.45, 7) is 3.21. The van der Waals surface area contributed by atoms with Crippen LogP contribution in [0, 0.1) is 0 Å². The average Bonchev–Trinajstić information content (AvgIpc) is 3.31. The molecule has 1 fully saturated rings. The number of nitrogens with one attached hydrogen (secondary N) is 1. The predicted octanol–water partition coefficient (Wildman–Crippen LogP) is 3.24. The van der Waals surface area contributed by atoms with Crippen LogP contribution < -0.4 is 5.32 Å². The van der Waals surface area contributed by atoms with E-state index in [9.17, 15) is 4.79 Å². The van der Waals surface area contributed by atoms with Gasteiger partial charge in [0.2, 0.25) is 0 Å². The second-order valence-corrected chi connectivity index (χ2v) is 7.00. The minimum atomic E-state index is -0.0203. The van der Waals surface area contributed by atoms with Crippen LogP contribution in [0.1, 0.15) is 48.3 Å². The van der Waals surface area contributed by atoms with Crippen LogP contribution in [-0.4, -0.2) is 34.1 Å². The highest BCUT2D eigenvalue weighted by Crippen LogP contribution is 2.31. The second kappa shape index (κ2) is 7.36. The number of carbonyl (C=O) groups is 1. The van der Waals surface area contributed by atoms with Gasteiger partial charge in [0.25, 0.3) is 0 Å². The zero-order valence-electron chi connectivity index (χ0n) is 14.4. The standard InChI is InChI=1S/C17H24N4O2S/c1-12(23-3)16-19-13(11-24-16)10-18-17(22)21-9-5-7-15(21)14-6-4-8-20(14)2/h4,6,8,11-12,15H,5,7,9-10H2,1-3H3,(H,18,22). The molecule has 0 radical (unpaired) electrons. The van der Waals surface area contributed by atoms with Crippen molar-refractivity contribution in [2.75, 3.05) is 13.7 Å². The van der Waals surface area contributed by atoms with Gasteiger partial charge in [-0.2, -0.15) is 0 Å². The lowest BCUT2D eigenvalue weighted by molar-refractivity contribution is 0.119. The van der Waals surface area contributed by atoms with Gasteiger partial charge >= 0.3 is 6.03 Å². The maximum absolute atomic E-state index is 12.6. The molecule has 2 aromatic heterocycles. The Morgan fingerprint density at radius 1 is 1.58 bits per heavy atom. The topological polar surface area (TPSA) is 59.4 Å². The first-order chi connectivity index (χ1) is 11.6. The molecule has 3 heterocycles. The summed E-state index contributed by atoms with van der Waals surface area (Å²) in [7, 11) is 3.70. The molecule has 0 spiro atoms. The predicted molar refractivity (Wildman–Crippen MR) is 93.9 cm³/mol. The summed E-state index contributed by atoms with van der Waals surface area (Å²) in [5, 5.41) is 5.91. The number of rotatable bonds is 5. The molecule has 0 saturated carbocycles. The van der Waals surface area contributed by atoms with E-state index in [4.69, 9.17) is 4.74 Å². The van der Waals surface area contributed by atoms with E-state index < -0.39 is 0 Å². The van der Waals surface area contributed by atoms with Crippen molar-refractivity contribution in [3.63, 3.8) is 0 Å². The fraction of sp³-hybridized carbons (Fsp3) is 0.529. The van der Waals surface area contributed by atoms with Gasteiger partial charge in [-0.15, -0.1) is 11.3 Å². The summed E-state index contributed by atoms with van der Waals surface area (Å²) < 4.78 is 7.37. The quantitative estimate of drug-likeness (QED) is 0.902. The van der Waals surface area contributed by atoms with Crippen LogP contribution in [0.4, 0.5) is 4.79 Å². The number of thiazole rings is 1. The highest BCUT2D eigenvalue weighted by Gasteiger charge is 2.31. The van der Waals surface area contributed by atoms with Gasteiger partial charge in [-0.1, -0.05) is 0 Å². The number of nitrogens with zero attached hydrogens (tertiary/aromatic N) is 3. The van der Waals surface area contributed by atoms with Crippen molar-refractivity contribution in [1.82, 2.24) is 19.8 Å². The molecule has 130 valence electrons. The third-order valence-electron chi connectivity index (χ3n) is 4.53. The summed E-state index contributed by atoms with van der Waals surface area (Å²) in [6, 6.07) is 4.25. The molecule has 0 aromatic carbocycles. The van der Waals surface area contributed by atoms with Crippen molar-refractivity contribution in [3.8, 4) is 0 Å². The van der Waals surface area contributed by atoms with E-state index in [-0.39, 0.29) is 18.2 Å². The number of carbonyl (C=O) groups excluding carboxylic acids is 1. The van der Waals surface area contributed by atoms with E-state index in [1.54, 1.807) is 18.4 Å². The van der Waals surface area contributed by atoms with Crippen molar-refractivity contribution in [1.29, 1.82) is 0 Å². The van der Waals surface area contributed by atoms with Crippen molar-refractivity contribution in [2.45, 2.75) is 38.5 Å². The van der Waals surface area contributed by atoms with Crippen LogP contribution in [0.25, 0.3) is 0 Å². The molecule has 24 heavy (non-hydrogen) atoms. The largest absolute Gasteiger partial charge is 0.375 e. The first-order valence-corrected chi connectivity index (χ1v) is 9.11. The number of hydrogen-bond acceptors (Lipinski definition) is 4. The van der Waals surface area contributed by atoms with Gasteiger partial charge in [0.05, 0.1) is 18.3 Å². The number of hydrogen-bond donors (Lipinski definition) is 1. The normalized spacial score (nSPS) is 18.8. The molecule has 1 N–H and O–H groups in total. The average molecular weight is 348 g/mol. The maximum Gasteiger partial charge on any atom is 0.318 e. The van der Waals surface area contributed by atoms with E-state index in [0.29, 0.717) is 6.54 Å². The summed E-state index contributed by atoms with van der Waals surface area (Å²) in [5.74, 6) is 0. The van der Waals surface area contributed by atoms with Crippen molar-refractivity contribution in [2.24, 2.45) is 7.05 Å². The molecule has 0 aliphatic carbocycles. The number of amides is 2. The fourth-order valence-electron chi connectivity index (χ4n) is 3.10. The van der Waals surface area contributed by atoms with Gasteiger partial charge in [-0.25, -0.2) is 9.78 Å². The highest BCUT2D eigenvalue weighted by molar-refractivity contribution is 7.09. The van der Waals surface area contributed by atoms with Crippen LogP contribution in [0.15, 0.2) is 23.7 Å². The molecule has 0 bridgehead atoms. The van der Waals surface area contributed by atoms with E-state index in [1.165, 1.54) is 5.69 Å². The molecule has 6 nitrogen and oxygen atoms in total. The Balaban J connectivity index is 1.60. The van der Waals surface area contributed by atoms with Crippen LogP contribution in [0.5, 0.6) is 0 Å². The molecule has 7 heteroatoms. The Bertz CT molecular complexity index is 696. The summed E-state index contributed by atoms with van der Waals surface area (Å²) >= 11 is 1.56. The number of aromatic nitrogens is 2. The lowest BCUT2D eigenvalue weighted by atomic mass is 10.1. The molecule has 2 atom stereocenters. The van der Waals surface area contributed by atoms with Crippen LogP contribution in [0.3, 0.4) is 0 Å². The number of likely N-dealkylation sites (tertiary alicyclic amines) is 1. The smallest absolute Gasteiger partial charge is 0.318 e. The van der Waals surface area contributed by atoms with Crippen LogP contribution >= 0.6 is 11.3 Å². The number of ether oxygens (including phenoxy) is 1. The summed E-state index contributed by atoms with van der Waals surface area (Å²) in [5.41, 5.74) is 2.06. The van der Waals surface area contributed by atoms with Gasteiger partial charge in [0, 0.05) is 38.0 Å². The number of aryl methyl sites for hydroxylation is 1. The molecule has 1 aliphatic rings. The van der Waals surface area contributed by atoms with E-state index in [1.807, 2.05) is 36.5 Å². The fourth-order valence-corrected chi connectivity index (χ4v) is 3.95. The Morgan fingerprint density at radius 3 is 3.12 bits per heavy atom. The molecule has 2 unspecified atom stereocenters. The Morgan fingerprint density at radius 2 is 2.42 bits per heavy atom. The molecule has 2 aromatic rings. The van der Waals surface area contributed by atoms with Crippen molar-refractivity contribution >= 4 is 17.4 Å². The van der Waals surface area contributed by atoms with Gasteiger partial charge < -0.3 is 19.5 Å². The van der Waals surface area contributed by atoms with E-state index in [0.717, 1.165) is 30.1 Å². The number of urea groups is 1. The van der Waals surface area contributed by atoms with E-state index in [2.05, 4.69) is 20.9 Å². The lowest BCUT2D eigenvalue weighted by Gasteiger charge is -2.25. The molecule has 1 saturated heterocycles. The molecule has 2 amide bonds. The summed E-state index contributed by atoms with van der Waals surface area (Å²) in [4.78, 5) is 19.0. The van der Waals surface area contributed by atoms with Crippen molar-refractivity contribution < 1.29 is 9.53 Å². The van der Waals surface area contributed by atoms with Crippen molar-refractivity contribution in [3.05, 3.63) is 40.1 Å². The number of methoxy groups -OCH3 is 1. The maximum atomic E-state index is 12.6. The minimum absolute atomic E-state index is 0.0141. The first-order valence-electron chi connectivity index (χ1n) is 8.23. The lowest BCUT2D eigenvalue weighted by Crippen LogP contribution is -2.39.